The van der Waals surface area contributed by atoms with Crippen LogP contribution in [0.2, 0.25) is 0 Å². The summed E-state index contributed by atoms with van der Waals surface area (Å²) < 4.78 is 1.80. The van der Waals surface area contributed by atoms with E-state index in [-0.39, 0.29) is 12.3 Å². The van der Waals surface area contributed by atoms with E-state index in [9.17, 15) is 4.79 Å². The van der Waals surface area contributed by atoms with Crippen LogP contribution in [0.15, 0.2) is 61.4 Å². The Morgan fingerprint density at radius 3 is 2.85 bits per heavy atom. The number of fused-ring (bicyclic) bond motifs is 1. The Kier molecular flexibility index (Phi) is 3.17. The van der Waals surface area contributed by atoms with E-state index in [4.69, 9.17) is 0 Å². The molecule has 0 saturated carbocycles. The molecule has 20 heavy (non-hydrogen) atoms. The molecule has 0 radical (unpaired) electrons. The number of carbonyl (C=O) groups excluding carboxylic acids is 1. The van der Waals surface area contributed by atoms with Gasteiger partial charge in [0, 0.05) is 18.0 Å². The van der Waals surface area contributed by atoms with Crippen molar-refractivity contribution >= 4 is 22.6 Å². The maximum Gasteiger partial charge on any atom is 0.183 e. The van der Waals surface area contributed by atoms with Gasteiger partial charge in [-0.25, -0.2) is 4.98 Å². The monoisotopic (exact) mass is 262 g/mol. The highest BCUT2D eigenvalue weighted by molar-refractivity contribution is 6.08. The summed E-state index contributed by atoms with van der Waals surface area (Å²) in [5, 5.41) is 2.06. The third kappa shape index (κ3) is 2.14. The quantitative estimate of drug-likeness (QED) is 0.674. The van der Waals surface area contributed by atoms with Gasteiger partial charge in [-0.2, -0.15) is 0 Å². The highest BCUT2D eigenvalue weighted by Gasteiger charge is 2.11. The van der Waals surface area contributed by atoms with Crippen molar-refractivity contribution in [2.75, 3.05) is 0 Å². The Balaban J connectivity index is 1.99. The van der Waals surface area contributed by atoms with Crippen molar-refractivity contribution in [3.63, 3.8) is 0 Å². The highest BCUT2D eigenvalue weighted by Crippen LogP contribution is 2.19. The van der Waals surface area contributed by atoms with Crippen LogP contribution in [0, 0.1) is 0 Å². The number of hydrogen-bond donors (Lipinski definition) is 0. The Morgan fingerprint density at radius 1 is 1.20 bits per heavy atom. The fourth-order valence-corrected chi connectivity index (χ4v) is 2.35. The van der Waals surface area contributed by atoms with Crippen molar-refractivity contribution in [2.24, 2.45) is 0 Å². The molecule has 3 heteroatoms. The van der Waals surface area contributed by atoms with Crippen LogP contribution in [-0.4, -0.2) is 15.3 Å². The average molecular weight is 262 g/mol. The van der Waals surface area contributed by atoms with Gasteiger partial charge in [0.05, 0.1) is 6.54 Å². The largest absolute Gasteiger partial charge is 0.324 e. The number of imidazole rings is 1. The zero-order valence-electron chi connectivity index (χ0n) is 11.0. The predicted molar refractivity (Wildman–Crippen MR) is 80.6 cm³/mol. The Bertz CT molecular complexity index is 781. The lowest BCUT2D eigenvalue weighted by Gasteiger charge is -2.07. The molecule has 1 aromatic heterocycles. The minimum Gasteiger partial charge on any atom is -0.324 e. The van der Waals surface area contributed by atoms with E-state index in [2.05, 4.69) is 11.6 Å². The molecule has 98 valence electrons. The first-order valence-electron chi connectivity index (χ1n) is 6.44. The number of hydrogen-bond acceptors (Lipinski definition) is 2. The van der Waals surface area contributed by atoms with Gasteiger partial charge < -0.3 is 4.57 Å². The standard InChI is InChI=1S/C17H14N2O/c1-2-17-18-10-11-19(17)12-16(20)15-9-5-7-13-6-3-4-8-14(13)15/h2-11H,1,12H2. The second kappa shape index (κ2) is 5.13. The summed E-state index contributed by atoms with van der Waals surface area (Å²) in [4.78, 5) is 16.6. The van der Waals surface area contributed by atoms with Gasteiger partial charge in [-0.1, -0.05) is 49.0 Å². The molecule has 2 aromatic carbocycles. The van der Waals surface area contributed by atoms with E-state index in [0.717, 1.165) is 16.3 Å². The average Bonchev–Trinajstić information content (AvgIpc) is 2.93. The number of benzene rings is 2. The summed E-state index contributed by atoms with van der Waals surface area (Å²) in [6.45, 7) is 3.97. The molecule has 0 amide bonds. The molecule has 0 N–H and O–H groups in total. The number of aromatic nitrogens is 2. The van der Waals surface area contributed by atoms with Crippen molar-refractivity contribution in [3.8, 4) is 0 Å². The first-order chi connectivity index (χ1) is 9.79. The third-order valence-electron chi connectivity index (χ3n) is 3.33. The maximum atomic E-state index is 12.5. The van der Waals surface area contributed by atoms with Crippen LogP contribution in [0.1, 0.15) is 16.2 Å². The Hall–Kier alpha value is -2.68. The maximum absolute atomic E-state index is 12.5. The molecule has 0 bridgehead atoms. The Labute approximate surface area is 117 Å². The molecular weight excluding hydrogens is 248 g/mol. The van der Waals surface area contributed by atoms with Gasteiger partial charge >= 0.3 is 0 Å². The second-order valence-corrected chi connectivity index (χ2v) is 4.57. The molecule has 0 aliphatic carbocycles. The van der Waals surface area contributed by atoms with Crippen LogP contribution < -0.4 is 0 Å². The van der Waals surface area contributed by atoms with Crippen molar-refractivity contribution in [3.05, 3.63) is 72.8 Å². The fraction of sp³-hybridized carbons (Fsp3) is 0.0588. The number of Topliss-reactive ketones (excluding diaryl/α,β-unsaturated/α-hetero) is 1. The number of nitrogens with zero attached hydrogens (tertiary/aromatic N) is 2. The van der Waals surface area contributed by atoms with E-state index in [1.54, 1.807) is 23.0 Å². The Morgan fingerprint density at radius 2 is 2.00 bits per heavy atom. The summed E-state index contributed by atoms with van der Waals surface area (Å²) in [6.07, 6.45) is 5.11. The molecule has 0 unspecified atom stereocenters. The van der Waals surface area contributed by atoms with Crippen LogP contribution in [0.3, 0.4) is 0 Å². The van der Waals surface area contributed by atoms with Crippen LogP contribution in [0.5, 0.6) is 0 Å². The predicted octanol–water partition coefficient (Wildman–Crippen LogP) is 3.56. The molecule has 3 rings (SSSR count). The van der Waals surface area contributed by atoms with Crippen molar-refractivity contribution in [1.82, 2.24) is 9.55 Å². The first kappa shape index (κ1) is 12.4. The molecule has 0 saturated heterocycles. The molecule has 1 heterocycles. The molecular formula is C17H14N2O. The van der Waals surface area contributed by atoms with Crippen LogP contribution >= 0.6 is 0 Å². The second-order valence-electron chi connectivity index (χ2n) is 4.57. The SMILES string of the molecule is C=Cc1nccn1CC(=O)c1cccc2ccccc12. The molecule has 0 aliphatic heterocycles. The fourth-order valence-electron chi connectivity index (χ4n) is 2.35. The molecule has 0 aliphatic rings. The van der Waals surface area contributed by atoms with Gasteiger partial charge in [0.15, 0.2) is 5.78 Å². The highest BCUT2D eigenvalue weighted by atomic mass is 16.1. The van der Waals surface area contributed by atoms with Gasteiger partial charge in [0.2, 0.25) is 0 Å². The summed E-state index contributed by atoms with van der Waals surface area (Å²) in [6, 6.07) is 13.7. The molecule has 0 spiro atoms. The van der Waals surface area contributed by atoms with E-state index in [0.29, 0.717) is 5.82 Å². The van der Waals surface area contributed by atoms with Crippen molar-refractivity contribution < 1.29 is 4.79 Å². The lowest BCUT2D eigenvalue weighted by Crippen LogP contribution is -2.11. The zero-order chi connectivity index (χ0) is 13.9. The lowest BCUT2D eigenvalue weighted by atomic mass is 10.0. The summed E-state index contributed by atoms with van der Waals surface area (Å²) in [7, 11) is 0. The smallest absolute Gasteiger partial charge is 0.183 e. The zero-order valence-corrected chi connectivity index (χ0v) is 11.0. The number of rotatable bonds is 4. The number of ketones is 1. The molecule has 3 aromatic rings. The third-order valence-corrected chi connectivity index (χ3v) is 3.33. The van der Waals surface area contributed by atoms with Crippen LogP contribution in [-0.2, 0) is 6.54 Å². The lowest BCUT2D eigenvalue weighted by molar-refractivity contribution is 0.0973. The summed E-state index contributed by atoms with van der Waals surface area (Å²) in [5.74, 6) is 0.779. The van der Waals surface area contributed by atoms with Gasteiger partial charge in [-0.15, -0.1) is 0 Å². The van der Waals surface area contributed by atoms with Crippen LogP contribution in [0.4, 0.5) is 0 Å². The summed E-state index contributed by atoms with van der Waals surface area (Å²) >= 11 is 0. The molecule has 3 nitrogen and oxygen atoms in total. The molecule has 0 atom stereocenters. The topological polar surface area (TPSA) is 34.9 Å². The van der Waals surface area contributed by atoms with E-state index in [1.165, 1.54) is 0 Å². The minimum absolute atomic E-state index is 0.0721. The first-order valence-corrected chi connectivity index (χ1v) is 6.44. The summed E-state index contributed by atoms with van der Waals surface area (Å²) in [5.41, 5.74) is 0.742. The van der Waals surface area contributed by atoms with Crippen LogP contribution in [0.25, 0.3) is 16.8 Å². The van der Waals surface area contributed by atoms with Crippen molar-refractivity contribution in [2.45, 2.75) is 6.54 Å². The van der Waals surface area contributed by atoms with Gasteiger partial charge in [-0.3, -0.25) is 4.79 Å². The molecule has 0 fully saturated rings. The normalized spacial score (nSPS) is 10.6. The van der Waals surface area contributed by atoms with Gasteiger partial charge in [0.25, 0.3) is 0 Å². The van der Waals surface area contributed by atoms with Gasteiger partial charge in [0.1, 0.15) is 5.82 Å². The van der Waals surface area contributed by atoms with E-state index < -0.39 is 0 Å². The van der Waals surface area contributed by atoms with E-state index >= 15 is 0 Å². The minimum atomic E-state index is 0.0721. The number of carbonyl (C=O) groups is 1. The van der Waals surface area contributed by atoms with Gasteiger partial charge in [-0.05, 0) is 16.8 Å². The van der Waals surface area contributed by atoms with Crippen molar-refractivity contribution in [1.29, 1.82) is 0 Å². The van der Waals surface area contributed by atoms with E-state index in [1.807, 2.05) is 42.5 Å².